The number of ketones is 3. The normalized spacial score (nSPS) is 56.5. The average Bonchev–Trinajstić information content (AvgIpc) is 3.09. The number of epoxide rings is 1. The van der Waals surface area contributed by atoms with Gasteiger partial charge in [-0.1, -0.05) is 6.92 Å². The summed E-state index contributed by atoms with van der Waals surface area (Å²) in [7, 11) is 0. The number of rotatable bonds is 1. The first-order valence-electron chi connectivity index (χ1n) is 9.97. The van der Waals surface area contributed by atoms with Crippen LogP contribution < -0.4 is 0 Å². The Labute approximate surface area is 149 Å². The van der Waals surface area contributed by atoms with Gasteiger partial charge in [0, 0.05) is 12.3 Å². The molecule has 1 heterocycles. The number of carbonyl (C=O) groups is 3. The minimum absolute atomic E-state index is 0.0570. The Morgan fingerprint density at radius 2 is 1.88 bits per heavy atom. The van der Waals surface area contributed by atoms with E-state index in [1.165, 1.54) is 0 Å². The number of Topliss-reactive ketones (excluding diaryl/α,β-unsaturated/α-hetero) is 3. The predicted molar refractivity (Wildman–Crippen MR) is 90.8 cm³/mol. The zero-order valence-electron chi connectivity index (χ0n) is 15.5. The van der Waals surface area contributed by atoms with Crippen molar-refractivity contribution in [3.05, 3.63) is 0 Å². The molecule has 1 saturated heterocycles. The third-order valence-corrected chi connectivity index (χ3v) is 9.25. The zero-order valence-corrected chi connectivity index (χ0v) is 15.5. The van der Waals surface area contributed by atoms with Gasteiger partial charge >= 0.3 is 0 Å². The van der Waals surface area contributed by atoms with Crippen molar-refractivity contribution in [2.24, 2.45) is 34.5 Å². The van der Waals surface area contributed by atoms with Gasteiger partial charge in [-0.05, 0) is 69.1 Å². The molecule has 0 aromatic carbocycles. The van der Waals surface area contributed by atoms with E-state index in [-0.39, 0.29) is 35.4 Å². The fourth-order valence-corrected chi connectivity index (χ4v) is 7.98. The molecule has 4 nitrogen and oxygen atoms in total. The summed E-state index contributed by atoms with van der Waals surface area (Å²) in [6.07, 6.45) is 5.70. The van der Waals surface area contributed by atoms with E-state index in [0.29, 0.717) is 30.0 Å². The number of fused-ring (bicyclic) bond motifs is 4. The highest BCUT2D eigenvalue weighted by atomic mass is 16.6. The van der Waals surface area contributed by atoms with Crippen LogP contribution in [0.3, 0.4) is 0 Å². The molecular formula is C21H28O4. The van der Waals surface area contributed by atoms with Crippen molar-refractivity contribution in [3.63, 3.8) is 0 Å². The lowest BCUT2D eigenvalue weighted by Crippen LogP contribution is -2.62. The summed E-state index contributed by atoms with van der Waals surface area (Å²) in [6, 6.07) is 0. The topological polar surface area (TPSA) is 63.7 Å². The average molecular weight is 344 g/mol. The van der Waals surface area contributed by atoms with Gasteiger partial charge in [0.05, 0.1) is 17.9 Å². The van der Waals surface area contributed by atoms with Crippen LogP contribution >= 0.6 is 0 Å². The Morgan fingerprint density at radius 1 is 1.12 bits per heavy atom. The lowest BCUT2D eigenvalue weighted by Gasteiger charge is -2.57. The van der Waals surface area contributed by atoms with Crippen molar-refractivity contribution >= 4 is 17.3 Å². The van der Waals surface area contributed by atoms with E-state index in [1.54, 1.807) is 6.92 Å². The first-order chi connectivity index (χ1) is 11.7. The van der Waals surface area contributed by atoms with Crippen molar-refractivity contribution < 1.29 is 19.1 Å². The van der Waals surface area contributed by atoms with E-state index in [0.717, 1.165) is 32.1 Å². The molecule has 0 aromatic heterocycles. The molecule has 1 aliphatic heterocycles. The first kappa shape index (κ1) is 16.2. The molecule has 0 N–H and O–H groups in total. The maximum absolute atomic E-state index is 13.0. The van der Waals surface area contributed by atoms with E-state index in [1.807, 2.05) is 0 Å². The van der Waals surface area contributed by atoms with Crippen molar-refractivity contribution in [2.75, 3.05) is 0 Å². The second kappa shape index (κ2) is 4.62. The second-order valence-electron chi connectivity index (χ2n) is 9.91. The maximum atomic E-state index is 13.0. The fraction of sp³-hybridized carbons (Fsp3) is 0.857. The van der Waals surface area contributed by atoms with Crippen LogP contribution in [0.2, 0.25) is 0 Å². The highest BCUT2D eigenvalue weighted by Gasteiger charge is 2.78. The molecule has 4 saturated carbocycles. The summed E-state index contributed by atoms with van der Waals surface area (Å²) in [5.74, 6) is 1.99. The summed E-state index contributed by atoms with van der Waals surface area (Å²) in [6.45, 7) is 6.16. The molecule has 136 valence electrons. The van der Waals surface area contributed by atoms with Gasteiger partial charge in [0.15, 0.2) is 0 Å². The molecule has 4 aliphatic carbocycles. The first-order valence-corrected chi connectivity index (χ1v) is 9.97. The molecule has 0 amide bonds. The largest absolute Gasteiger partial charge is 0.364 e. The number of hydrogen-bond acceptors (Lipinski definition) is 4. The van der Waals surface area contributed by atoms with Crippen LogP contribution in [0.5, 0.6) is 0 Å². The lowest BCUT2D eigenvalue weighted by atomic mass is 9.44. The molecule has 4 heteroatoms. The van der Waals surface area contributed by atoms with Gasteiger partial charge < -0.3 is 4.74 Å². The second-order valence-corrected chi connectivity index (χ2v) is 9.91. The van der Waals surface area contributed by atoms with Crippen LogP contribution in [-0.4, -0.2) is 29.1 Å². The van der Waals surface area contributed by atoms with Crippen molar-refractivity contribution in [1.82, 2.24) is 0 Å². The Morgan fingerprint density at radius 3 is 2.60 bits per heavy atom. The minimum atomic E-state index is -0.496. The van der Waals surface area contributed by atoms with Crippen LogP contribution in [0, 0.1) is 34.5 Å². The molecule has 8 atom stereocenters. The molecular weight excluding hydrogens is 316 g/mol. The summed E-state index contributed by atoms with van der Waals surface area (Å²) < 4.78 is 6.15. The quantitative estimate of drug-likeness (QED) is 0.541. The Kier molecular flexibility index (Phi) is 2.99. The van der Waals surface area contributed by atoms with E-state index in [9.17, 15) is 14.4 Å². The predicted octanol–water partition coefficient (Wildman–Crippen LogP) is 3.11. The summed E-state index contributed by atoms with van der Waals surface area (Å²) in [5.41, 5.74) is -0.900. The van der Waals surface area contributed by atoms with Gasteiger partial charge in [0.2, 0.25) is 0 Å². The Balaban J connectivity index is 1.54. The molecule has 0 radical (unpaired) electrons. The van der Waals surface area contributed by atoms with Crippen molar-refractivity contribution in [3.8, 4) is 0 Å². The van der Waals surface area contributed by atoms with Gasteiger partial charge in [-0.25, -0.2) is 0 Å². The van der Waals surface area contributed by atoms with Gasteiger partial charge in [-0.2, -0.15) is 0 Å². The smallest absolute Gasteiger partial charge is 0.149 e. The number of ether oxygens (including phenoxy) is 1. The van der Waals surface area contributed by atoms with E-state index >= 15 is 0 Å². The standard InChI is InChI=1S/C21H28O4/c1-11(22)14-4-5-15-13-9-18-21(25-18)10-12(23)8-17(24)20(21,3)16(13)6-7-19(14,15)2/h13-16,18H,4-10H2,1-3H3/t13-,14+,15-,16-,18?,19+,20-,21?/m0/s1. The molecule has 5 aliphatic rings. The van der Waals surface area contributed by atoms with Gasteiger partial charge in [0.25, 0.3) is 0 Å². The molecule has 0 aromatic rings. The highest BCUT2D eigenvalue weighted by molar-refractivity contribution is 6.06. The van der Waals surface area contributed by atoms with Crippen LogP contribution in [-0.2, 0) is 19.1 Å². The van der Waals surface area contributed by atoms with Crippen LogP contribution in [0.4, 0.5) is 0 Å². The third kappa shape index (κ3) is 1.70. The van der Waals surface area contributed by atoms with Crippen LogP contribution in [0.1, 0.15) is 65.7 Å². The monoisotopic (exact) mass is 344 g/mol. The Hall–Kier alpha value is -1.03. The van der Waals surface area contributed by atoms with E-state index in [2.05, 4.69) is 13.8 Å². The molecule has 5 rings (SSSR count). The fourth-order valence-electron chi connectivity index (χ4n) is 7.98. The Bertz CT molecular complexity index is 698. The van der Waals surface area contributed by atoms with Crippen LogP contribution in [0.25, 0.3) is 0 Å². The van der Waals surface area contributed by atoms with Crippen LogP contribution in [0.15, 0.2) is 0 Å². The minimum Gasteiger partial charge on any atom is -0.364 e. The lowest BCUT2D eigenvalue weighted by molar-refractivity contribution is -0.157. The summed E-state index contributed by atoms with van der Waals surface area (Å²) in [4.78, 5) is 37.3. The van der Waals surface area contributed by atoms with E-state index < -0.39 is 11.0 Å². The molecule has 25 heavy (non-hydrogen) atoms. The van der Waals surface area contributed by atoms with Crippen molar-refractivity contribution in [2.45, 2.75) is 77.4 Å². The maximum Gasteiger partial charge on any atom is 0.149 e. The van der Waals surface area contributed by atoms with Gasteiger partial charge in [0.1, 0.15) is 23.0 Å². The molecule has 2 unspecified atom stereocenters. The van der Waals surface area contributed by atoms with Gasteiger partial charge in [-0.15, -0.1) is 0 Å². The highest BCUT2D eigenvalue weighted by Crippen LogP contribution is 2.72. The third-order valence-electron chi connectivity index (χ3n) is 9.25. The summed E-state index contributed by atoms with van der Waals surface area (Å²) in [5, 5.41) is 0. The summed E-state index contributed by atoms with van der Waals surface area (Å²) >= 11 is 0. The molecule has 1 spiro atoms. The SMILES string of the molecule is CC(=O)[C@H]1CC[C@H]2[C@@H]3CC4OC45CC(=O)CC(=O)[C@]5(C)[C@H]3CC[C@]12C. The van der Waals surface area contributed by atoms with E-state index in [4.69, 9.17) is 4.74 Å². The van der Waals surface area contributed by atoms with Crippen molar-refractivity contribution in [1.29, 1.82) is 0 Å². The zero-order chi connectivity index (χ0) is 17.8. The number of hydrogen-bond donors (Lipinski definition) is 0. The van der Waals surface area contributed by atoms with Gasteiger partial charge in [-0.3, -0.25) is 14.4 Å². The number of carbonyl (C=O) groups excluding carboxylic acids is 3. The molecule has 5 fully saturated rings. The molecule has 0 bridgehead atoms.